The van der Waals surface area contributed by atoms with Crippen LogP contribution in [0.3, 0.4) is 0 Å². The molecule has 0 spiro atoms. The Morgan fingerprint density at radius 2 is 1.95 bits per heavy atom. The highest BCUT2D eigenvalue weighted by atomic mass is 32.2. The molecule has 1 fully saturated rings. The van der Waals surface area contributed by atoms with E-state index in [-0.39, 0.29) is 11.7 Å². The number of aliphatic hydroxyl groups excluding tert-OH is 1. The lowest BCUT2D eigenvalue weighted by Gasteiger charge is -2.17. The third-order valence-electron chi connectivity index (χ3n) is 3.87. The first-order valence-corrected chi connectivity index (χ1v) is 8.47. The molecule has 1 heterocycles. The molecule has 6 heteroatoms. The molecule has 1 saturated heterocycles. The number of benzene rings is 1. The molecule has 5 nitrogen and oxygen atoms in total. The molecule has 1 aliphatic heterocycles. The first kappa shape index (κ1) is 15.4. The van der Waals surface area contributed by atoms with E-state index >= 15 is 0 Å². The van der Waals surface area contributed by atoms with Crippen LogP contribution < -0.4 is 5.73 Å². The topological polar surface area (TPSA) is 83.6 Å². The van der Waals surface area contributed by atoms with Crippen molar-refractivity contribution in [2.75, 3.05) is 13.1 Å². The van der Waals surface area contributed by atoms with E-state index in [9.17, 15) is 13.5 Å². The SMILES string of the molecule is CC(O)C1CCN(S(=O)(=O)Cc2ccc(CN)cc2)C1. The van der Waals surface area contributed by atoms with Crippen molar-refractivity contribution in [2.45, 2.75) is 31.7 Å². The summed E-state index contributed by atoms with van der Waals surface area (Å²) in [6, 6.07) is 7.32. The molecule has 0 aromatic heterocycles. The van der Waals surface area contributed by atoms with Crippen molar-refractivity contribution in [1.82, 2.24) is 4.31 Å². The minimum absolute atomic E-state index is 0.00435. The van der Waals surface area contributed by atoms with Gasteiger partial charge in [0, 0.05) is 19.6 Å². The molecular formula is C14H22N2O3S. The van der Waals surface area contributed by atoms with Gasteiger partial charge < -0.3 is 10.8 Å². The quantitative estimate of drug-likeness (QED) is 0.837. The number of rotatable bonds is 5. The second-order valence-electron chi connectivity index (χ2n) is 5.42. The first-order valence-electron chi connectivity index (χ1n) is 6.86. The second kappa shape index (κ2) is 6.22. The Morgan fingerprint density at radius 3 is 2.45 bits per heavy atom. The molecule has 2 atom stereocenters. The largest absolute Gasteiger partial charge is 0.393 e. The molecule has 2 unspecified atom stereocenters. The standard InChI is InChI=1S/C14H22N2O3S/c1-11(17)14-6-7-16(9-14)20(18,19)10-13-4-2-12(8-15)3-5-13/h2-5,11,14,17H,6-10,15H2,1H3. The van der Waals surface area contributed by atoms with Crippen LogP contribution in [0.2, 0.25) is 0 Å². The van der Waals surface area contributed by atoms with Crippen LogP contribution in [0.25, 0.3) is 0 Å². The fourth-order valence-electron chi connectivity index (χ4n) is 2.47. The molecule has 112 valence electrons. The van der Waals surface area contributed by atoms with E-state index in [1.54, 1.807) is 6.92 Å². The fraction of sp³-hybridized carbons (Fsp3) is 0.571. The predicted octanol–water partition coefficient (Wildman–Crippen LogP) is 0.678. The van der Waals surface area contributed by atoms with Crippen LogP contribution in [0, 0.1) is 5.92 Å². The van der Waals surface area contributed by atoms with Gasteiger partial charge in [-0.1, -0.05) is 24.3 Å². The Balaban J connectivity index is 2.04. The normalized spacial score (nSPS) is 22.1. The molecule has 1 aliphatic rings. The van der Waals surface area contributed by atoms with Gasteiger partial charge in [0.1, 0.15) is 0 Å². The number of hydrogen-bond donors (Lipinski definition) is 2. The molecular weight excluding hydrogens is 276 g/mol. The van der Waals surface area contributed by atoms with Crippen LogP contribution in [0.4, 0.5) is 0 Å². The van der Waals surface area contributed by atoms with Crippen LogP contribution >= 0.6 is 0 Å². The summed E-state index contributed by atoms with van der Waals surface area (Å²) in [4.78, 5) is 0. The van der Waals surface area contributed by atoms with Crippen molar-refractivity contribution in [1.29, 1.82) is 0 Å². The first-order chi connectivity index (χ1) is 9.42. The van der Waals surface area contributed by atoms with Crippen molar-refractivity contribution in [3.63, 3.8) is 0 Å². The van der Waals surface area contributed by atoms with E-state index in [1.807, 2.05) is 24.3 Å². The van der Waals surface area contributed by atoms with Gasteiger partial charge in [0.2, 0.25) is 10.0 Å². The number of sulfonamides is 1. The highest BCUT2D eigenvalue weighted by molar-refractivity contribution is 7.88. The van der Waals surface area contributed by atoms with Gasteiger partial charge in [0.05, 0.1) is 11.9 Å². The lowest BCUT2D eigenvalue weighted by Crippen LogP contribution is -2.31. The smallest absolute Gasteiger partial charge is 0.218 e. The van der Waals surface area contributed by atoms with E-state index in [4.69, 9.17) is 5.73 Å². The third-order valence-corrected chi connectivity index (χ3v) is 5.69. The second-order valence-corrected chi connectivity index (χ2v) is 7.39. The highest BCUT2D eigenvalue weighted by Crippen LogP contribution is 2.24. The van der Waals surface area contributed by atoms with Crippen LogP contribution in [-0.4, -0.2) is 37.0 Å². The molecule has 0 bridgehead atoms. The van der Waals surface area contributed by atoms with Crippen molar-refractivity contribution in [2.24, 2.45) is 11.7 Å². The van der Waals surface area contributed by atoms with Crippen molar-refractivity contribution in [3.05, 3.63) is 35.4 Å². The molecule has 0 aliphatic carbocycles. The molecule has 0 radical (unpaired) electrons. The zero-order valence-electron chi connectivity index (χ0n) is 11.7. The summed E-state index contributed by atoms with van der Waals surface area (Å²) in [7, 11) is -3.31. The Hall–Kier alpha value is -0.950. The van der Waals surface area contributed by atoms with Gasteiger partial charge in [0.15, 0.2) is 0 Å². The van der Waals surface area contributed by atoms with Gasteiger partial charge in [0.25, 0.3) is 0 Å². The Morgan fingerprint density at radius 1 is 1.35 bits per heavy atom. The van der Waals surface area contributed by atoms with E-state index in [0.29, 0.717) is 19.6 Å². The molecule has 20 heavy (non-hydrogen) atoms. The Kier molecular flexibility index (Phi) is 4.80. The third kappa shape index (κ3) is 3.58. The van der Waals surface area contributed by atoms with E-state index in [1.165, 1.54) is 4.31 Å². The summed E-state index contributed by atoms with van der Waals surface area (Å²) < 4.78 is 26.2. The van der Waals surface area contributed by atoms with Gasteiger partial charge >= 0.3 is 0 Å². The minimum atomic E-state index is -3.31. The number of aliphatic hydroxyl groups is 1. The summed E-state index contributed by atoms with van der Waals surface area (Å²) in [5.41, 5.74) is 7.27. The molecule has 0 amide bonds. The van der Waals surface area contributed by atoms with Gasteiger partial charge in [-0.25, -0.2) is 12.7 Å². The summed E-state index contributed by atoms with van der Waals surface area (Å²) >= 11 is 0. The lowest BCUT2D eigenvalue weighted by atomic mass is 10.0. The number of nitrogens with two attached hydrogens (primary N) is 1. The van der Waals surface area contributed by atoms with Crippen LogP contribution in [0.15, 0.2) is 24.3 Å². The fourth-order valence-corrected chi connectivity index (χ4v) is 4.07. The Labute approximate surface area is 120 Å². The lowest BCUT2D eigenvalue weighted by molar-refractivity contribution is 0.133. The summed E-state index contributed by atoms with van der Waals surface area (Å²) in [6.45, 7) is 3.08. The van der Waals surface area contributed by atoms with Gasteiger partial charge in [-0.05, 0) is 30.4 Å². The molecule has 2 rings (SSSR count). The van der Waals surface area contributed by atoms with E-state index in [2.05, 4.69) is 0 Å². The Bertz CT molecular complexity index is 540. The predicted molar refractivity (Wildman–Crippen MR) is 78.3 cm³/mol. The number of hydrogen-bond acceptors (Lipinski definition) is 4. The average molecular weight is 298 g/mol. The molecule has 1 aromatic rings. The molecule has 1 aromatic carbocycles. The summed E-state index contributed by atoms with van der Waals surface area (Å²) in [5, 5.41) is 9.55. The monoisotopic (exact) mass is 298 g/mol. The van der Waals surface area contributed by atoms with Crippen LogP contribution in [-0.2, 0) is 22.3 Å². The number of nitrogens with zero attached hydrogens (tertiary/aromatic N) is 1. The summed E-state index contributed by atoms with van der Waals surface area (Å²) in [5.74, 6) is 0.0501. The van der Waals surface area contributed by atoms with Gasteiger partial charge in [-0.2, -0.15) is 0 Å². The highest BCUT2D eigenvalue weighted by Gasteiger charge is 2.33. The minimum Gasteiger partial charge on any atom is -0.393 e. The van der Waals surface area contributed by atoms with E-state index < -0.39 is 16.1 Å². The van der Waals surface area contributed by atoms with Gasteiger partial charge in [-0.15, -0.1) is 0 Å². The maximum atomic E-state index is 12.3. The van der Waals surface area contributed by atoms with Crippen molar-refractivity contribution >= 4 is 10.0 Å². The van der Waals surface area contributed by atoms with Gasteiger partial charge in [-0.3, -0.25) is 0 Å². The molecule has 0 saturated carbocycles. The van der Waals surface area contributed by atoms with E-state index in [0.717, 1.165) is 17.5 Å². The summed E-state index contributed by atoms with van der Waals surface area (Å²) in [6.07, 6.45) is 0.266. The molecule has 3 N–H and O–H groups in total. The van der Waals surface area contributed by atoms with Crippen LogP contribution in [0.1, 0.15) is 24.5 Å². The maximum Gasteiger partial charge on any atom is 0.218 e. The average Bonchev–Trinajstić information content (AvgIpc) is 2.90. The zero-order chi connectivity index (χ0) is 14.8. The van der Waals surface area contributed by atoms with Crippen molar-refractivity contribution < 1.29 is 13.5 Å². The maximum absolute atomic E-state index is 12.3. The zero-order valence-corrected chi connectivity index (χ0v) is 12.5. The van der Waals surface area contributed by atoms with Crippen LogP contribution in [0.5, 0.6) is 0 Å². The van der Waals surface area contributed by atoms with Crippen molar-refractivity contribution in [3.8, 4) is 0 Å².